The molecule has 0 bridgehead atoms. The van der Waals surface area contributed by atoms with E-state index in [1.54, 1.807) is 0 Å². The van der Waals surface area contributed by atoms with Crippen LogP contribution in [0.2, 0.25) is 0 Å². The normalized spacial score (nSPS) is 12.1. The van der Waals surface area contributed by atoms with Crippen LogP contribution in [0.1, 0.15) is 18.1 Å². The lowest BCUT2D eigenvalue weighted by Gasteiger charge is -2.11. The maximum Gasteiger partial charge on any atom is 0.205 e. The van der Waals surface area contributed by atoms with Crippen molar-refractivity contribution in [1.29, 1.82) is 0 Å². The van der Waals surface area contributed by atoms with E-state index in [2.05, 4.69) is 24.3 Å². The summed E-state index contributed by atoms with van der Waals surface area (Å²) in [6, 6.07) is 20.3. The summed E-state index contributed by atoms with van der Waals surface area (Å²) in [6.07, 6.45) is -0.218. The fourth-order valence-electron chi connectivity index (χ4n) is 1.90. The lowest BCUT2D eigenvalue weighted by Crippen LogP contribution is -2.16. The molecule has 0 aliphatic rings. The van der Waals surface area contributed by atoms with Crippen LogP contribution in [-0.4, -0.2) is 11.2 Å². The number of benzene rings is 2. The Morgan fingerprint density at radius 1 is 0.812 bits per heavy atom. The van der Waals surface area contributed by atoms with Gasteiger partial charge < -0.3 is 5.11 Å². The number of hydrogen-bond acceptors (Lipinski definition) is 0. The Bertz CT molecular complexity index is 380. The summed E-state index contributed by atoms with van der Waals surface area (Å²) in [5.74, 6) is 1.08. The van der Waals surface area contributed by atoms with Gasteiger partial charge >= 0.3 is 0 Å². The summed E-state index contributed by atoms with van der Waals surface area (Å²) in [5, 5.41) is 7.97. The minimum absolute atomic E-state index is 0.218. The molecule has 0 spiro atoms. The summed E-state index contributed by atoms with van der Waals surface area (Å²) < 4.78 is 0. The lowest BCUT2D eigenvalue weighted by atomic mass is 9.87. The maximum atomic E-state index is 7.97. The van der Waals surface area contributed by atoms with Crippen molar-refractivity contribution in [2.24, 2.45) is 0 Å². The van der Waals surface area contributed by atoms with E-state index in [1.165, 1.54) is 0 Å². The van der Waals surface area contributed by atoms with Gasteiger partial charge in [-0.15, -0.1) is 0 Å². The lowest BCUT2D eigenvalue weighted by molar-refractivity contribution is 0.217. The van der Waals surface area contributed by atoms with Crippen molar-refractivity contribution < 1.29 is 5.11 Å². The molecule has 80 valence electrons. The number of rotatable bonds is 3. The molecule has 0 amide bonds. The van der Waals surface area contributed by atoms with Crippen molar-refractivity contribution in [2.75, 3.05) is 0 Å². The Kier molecular flexibility index (Phi) is 3.28. The highest BCUT2D eigenvalue weighted by Gasteiger charge is 2.28. The second-order valence-electron chi connectivity index (χ2n) is 3.87. The zero-order valence-electron chi connectivity index (χ0n) is 9.35. The quantitative estimate of drug-likeness (QED) is 0.551. The van der Waals surface area contributed by atoms with Gasteiger partial charge in [0.1, 0.15) is 5.92 Å². The topological polar surface area (TPSA) is 22.9 Å². The first-order valence-corrected chi connectivity index (χ1v) is 5.48. The Morgan fingerprint density at radius 2 is 1.19 bits per heavy atom. The molecule has 1 atom stereocenters. The van der Waals surface area contributed by atoms with Crippen molar-refractivity contribution >= 4 is 0 Å². The van der Waals surface area contributed by atoms with Gasteiger partial charge in [0.05, 0.1) is 11.1 Å². The average molecular weight is 212 g/mol. The van der Waals surface area contributed by atoms with Crippen LogP contribution >= 0.6 is 0 Å². The van der Waals surface area contributed by atoms with Crippen LogP contribution in [0.5, 0.6) is 0 Å². The van der Waals surface area contributed by atoms with Crippen molar-refractivity contribution in [3.05, 3.63) is 77.7 Å². The molecule has 0 heterocycles. The van der Waals surface area contributed by atoms with Gasteiger partial charge in [-0.2, -0.15) is 0 Å². The van der Waals surface area contributed by atoms with E-state index in [1.807, 2.05) is 43.3 Å². The van der Waals surface area contributed by atoms with Gasteiger partial charge in [0.2, 0.25) is 6.10 Å². The monoisotopic (exact) mass is 212 g/mol. The molecule has 1 heteroatoms. The van der Waals surface area contributed by atoms with Crippen molar-refractivity contribution in [2.45, 2.75) is 13.0 Å². The van der Waals surface area contributed by atoms with E-state index in [4.69, 9.17) is 5.11 Å². The zero-order valence-corrected chi connectivity index (χ0v) is 9.35. The predicted octanol–water partition coefficient (Wildman–Crippen LogP) is 2.77. The van der Waals surface area contributed by atoms with Crippen LogP contribution in [0.15, 0.2) is 60.7 Å². The first kappa shape index (κ1) is 10.8. The smallest absolute Gasteiger partial charge is 0.205 e. The van der Waals surface area contributed by atoms with Gasteiger partial charge in [0, 0.05) is 31.2 Å². The molecule has 1 nitrogen and oxygen atoms in total. The second-order valence-corrected chi connectivity index (χ2v) is 3.87. The third-order valence-electron chi connectivity index (χ3n) is 2.60. The molecule has 0 radical (unpaired) electrons. The summed E-state index contributed by atoms with van der Waals surface area (Å²) in [5.41, 5.74) is 2.27. The Morgan fingerprint density at radius 3 is 1.50 bits per heavy atom. The molecule has 2 N–H and O–H groups in total. The molecular formula is C15H16O+2. The van der Waals surface area contributed by atoms with Gasteiger partial charge in [-0.1, -0.05) is 0 Å². The predicted molar refractivity (Wildman–Crippen MR) is 67.4 cm³/mol. The van der Waals surface area contributed by atoms with Gasteiger partial charge in [-0.25, -0.2) is 0 Å². The molecule has 2 rings (SSSR count). The van der Waals surface area contributed by atoms with Gasteiger partial charge in [0.25, 0.3) is 0 Å². The zero-order chi connectivity index (χ0) is 11.4. The van der Waals surface area contributed by atoms with Crippen LogP contribution < -0.4 is 0 Å². The first-order valence-electron chi connectivity index (χ1n) is 5.48. The van der Waals surface area contributed by atoms with E-state index < -0.39 is 0 Å². The second kappa shape index (κ2) is 4.86. The fraction of sp³-hybridized carbons (Fsp3) is 0.133. The third-order valence-corrected chi connectivity index (χ3v) is 2.60. The fourth-order valence-corrected chi connectivity index (χ4v) is 1.90. The molecule has 2 aromatic carbocycles. The molecule has 0 aliphatic carbocycles. The van der Waals surface area contributed by atoms with E-state index >= 15 is 0 Å². The molecule has 0 saturated heterocycles. The molecule has 1 unspecified atom stereocenters. The average Bonchev–Trinajstić information content (AvgIpc) is 2.31. The minimum Gasteiger partial charge on any atom is -0.434 e. The highest BCUT2D eigenvalue weighted by Crippen LogP contribution is 2.26. The standard InChI is InChI=1S/C15H15O/c1-12(16)15(13-8-4-2-5-9-13)14-10-6-3-7-11-14/h2-12,16H,1H3/q+1/p+1. The van der Waals surface area contributed by atoms with E-state index in [-0.39, 0.29) is 6.10 Å². The molecule has 2 aromatic rings. The molecule has 0 fully saturated rings. The minimum atomic E-state index is -0.218. The summed E-state index contributed by atoms with van der Waals surface area (Å²) in [6.45, 7) is 1.91. The van der Waals surface area contributed by atoms with Crippen LogP contribution in [-0.2, 0) is 0 Å². The van der Waals surface area contributed by atoms with E-state index in [0.717, 1.165) is 17.0 Å². The Labute approximate surface area is 96.4 Å². The summed E-state index contributed by atoms with van der Waals surface area (Å²) >= 11 is 0. The highest BCUT2D eigenvalue weighted by molar-refractivity contribution is 5.46. The molecular weight excluding hydrogens is 196 g/mol. The van der Waals surface area contributed by atoms with Crippen molar-refractivity contribution in [1.82, 2.24) is 0 Å². The van der Waals surface area contributed by atoms with Crippen LogP contribution in [0, 0.1) is 5.92 Å². The third kappa shape index (κ3) is 2.26. The first-order chi connectivity index (χ1) is 7.79. The highest BCUT2D eigenvalue weighted by atomic mass is 16.3. The van der Waals surface area contributed by atoms with E-state index in [0.29, 0.717) is 0 Å². The molecule has 0 aliphatic heterocycles. The number of hydrogen-bond donors (Lipinski definition) is 0. The van der Waals surface area contributed by atoms with Gasteiger partial charge in [-0.05, 0) is 36.4 Å². The maximum absolute atomic E-state index is 7.97. The Balaban J connectivity index is 2.40. The molecule has 0 saturated carbocycles. The SMILES string of the molecule is CC([OH2+])[C+](c1ccccc1)c1ccccc1. The van der Waals surface area contributed by atoms with Crippen molar-refractivity contribution in [3.63, 3.8) is 0 Å². The largest absolute Gasteiger partial charge is 0.434 e. The van der Waals surface area contributed by atoms with Gasteiger partial charge in [0.15, 0.2) is 0 Å². The Hall–Kier alpha value is -1.73. The summed E-state index contributed by atoms with van der Waals surface area (Å²) in [7, 11) is 0. The van der Waals surface area contributed by atoms with Crippen LogP contribution in [0.4, 0.5) is 0 Å². The summed E-state index contributed by atoms with van der Waals surface area (Å²) in [4.78, 5) is 0. The van der Waals surface area contributed by atoms with Crippen LogP contribution in [0.25, 0.3) is 0 Å². The molecule has 16 heavy (non-hydrogen) atoms. The van der Waals surface area contributed by atoms with Gasteiger partial charge in [-0.3, -0.25) is 0 Å². The van der Waals surface area contributed by atoms with Crippen LogP contribution in [0.3, 0.4) is 0 Å². The van der Waals surface area contributed by atoms with E-state index in [9.17, 15) is 0 Å². The molecule has 0 aromatic heterocycles. The van der Waals surface area contributed by atoms with Crippen molar-refractivity contribution in [3.8, 4) is 0 Å².